The minimum Gasteiger partial charge on any atom is -0.870 e. The van der Waals surface area contributed by atoms with Gasteiger partial charge in [-0.3, -0.25) is 14.4 Å². The molecule has 6 heterocycles. The summed E-state index contributed by atoms with van der Waals surface area (Å²) in [5.41, 5.74) is 10.9. The van der Waals surface area contributed by atoms with Crippen molar-refractivity contribution in [3.05, 3.63) is 297 Å². The van der Waals surface area contributed by atoms with Crippen molar-refractivity contribution in [3.8, 4) is 33.4 Å². The molecule has 0 aliphatic carbocycles. The van der Waals surface area contributed by atoms with Crippen LogP contribution in [0.15, 0.2) is 247 Å². The number of nitrogens with zero attached hydrogens (tertiary/aromatic N) is 5. The molecule has 17 nitrogen and oxygen atoms in total. The fourth-order valence-electron chi connectivity index (χ4n) is 9.69. The van der Waals surface area contributed by atoms with Crippen molar-refractivity contribution >= 4 is 115 Å². The first-order valence-corrected chi connectivity index (χ1v) is 31.3. The Hall–Kier alpha value is -8.75. The number of benzene rings is 6. The summed E-state index contributed by atoms with van der Waals surface area (Å²) in [5, 5.41) is 10.4. The molecule has 5 N–H and O–H groups in total. The average molecular weight is 1480 g/mol. The third kappa shape index (κ3) is 17.6. The van der Waals surface area contributed by atoms with Crippen LogP contribution in [0.1, 0.15) is 61.6 Å². The van der Waals surface area contributed by atoms with E-state index in [1.165, 1.54) is 41.5 Å². The van der Waals surface area contributed by atoms with Gasteiger partial charge in [0.15, 0.2) is 0 Å². The van der Waals surface area contributed by atoms with E-state index in [2.05, 4.69) is 150 Å². The van der Waals surface area contributed by atoms with Crippen molar-refractivity contribution in [2.75, 3.05) is 13.2 Å². The molecule has 12 aromatic rings. The molecular weight excluding hydrogens is 1430 g/mol. The minimum atomic E-state index is -1.26. The quantitative estimate of drug-likeness (QED) is 0.0618. The largest absolute Gasteiger partial charge is 1.00 e. The van der Waals surface area contributed by atoms with Gasteiger partial charge in [-0.1, -0.05) is 180 Å². The molecule has 12 rings (SSSR count). The van der Waals surface area contributed by atoms with E-state index in [4.69, 9.17) is 9.47 Å². The van der Waals surface area contributed by atoms with Crippen LogP contribution in [0.3, 0.4) is 0 Å². The van der Waals surface area contributed by atoms with Crippen molar-refractivity contribution in [3.63, 3.8) is 0 Å². The topological polar surface area (TPSA) is 267 Å². The zero-order valence-corrected chi connectivity index (χ0v) is 56.1. The summed E-state index contributed by atoms with van der Waals surface area (Å²) in [6, 6.07) is 60.4. The number of halogens is 4. The Balaban J connectivity index is 0.000000201. The van der Waals surface area contributed by atoms with Gasteiger partial charge in [0, 0.05) is 69.0 Å². The maximum atomic E-state index is 12.9. The third-order valence-electron chi connectivity index (χ3n) is 13.8. The summed E-state index contributed by atoms with van der Waals surface area (Å²) < 4.78 is 15.7. The number of esters is 2. The first-order valence-electron chi connectivity index (χ1n) is 27.8. The van der Waals surface area contributed by atoms with Gasteiger partial charge in [-0.2, -0.15) is 0 Å². The van der Waals surface area contributed by atoms with E-state index in [1.54, 1.807) is 42.9 Å². The number of rotatable bonds is 13. The smallest absolute Gasteiger partial charge is 0.870 e. The van der Waals surface area contributed by atoms with Crippen LogP contribution in [0, 0.1) is 0 Å². The number of H-pyrrole nitrogens is 1. The van der Waals surface area contributed by atoms with E-state index >= 15 is 0 Å². The van der Waals surface area contributed by atoms with Crippen LogP contribution in [-0.4, -0.2) is 76.3 Å². The molecule has 0 spiro atoms. The molecule has 0 unspecified atom stereocenters. The number of hydrogen-bond donors (Lipinski definition) is 2. The van der Waals surface area contributed by atoms with Gasteiger partial charge in [-0.05, 0) is 130 Å². The summed E-state index contributed by atoms with van der Waals surface area (Å²) in [4.78, 5) is 88.1. The van der Waals surface area contributed by atoms with Gasteiger partial charge in [0.2, 0.25) is 16.3 Å². The maximum absolute atomic E-state index is 12.9. The summed E-state index contributed by atoms with van der Waals surface area (Å²) in [6.45, 7) is 4.68. The summed E-state index contributed by atoms with van der Waals surface area (Å²) in [5.74, 6) is -2.54. The molecule has 0 saturated carbocycles. The SMILES string of the molecule is BrCc1ccccc1-c1ccccc1.CCOC(=O)c1c[nH]c2cc(Br)cnc2c1=O.CCOC(=O)c1cn(Cc2ccccc2-c2ccccc2)c2cc(Br)cnc2c1=O.O.O=C(O)c1cn(Cc2ccccc2-c2ccccc2)c2cc(Br)cnc2c1=O.[Li+].[OH-]. The van der Waals surface area contributed by atoms with E-state index in [0.717, 1.165) is 47.7 Å². The molecule has 22 heteroatoms. The van der Waals surface area contributed by atoms with E-state index in [9.17, 15) is 33.9 Å². The Labute approximate surface area is 573 Å². The first-order chi connectivity index (χ1) is 43.2. The van der Waals surface area contributed by atoms with E-state index in [0.29, 0.717) is 34.1 Å². The summed E-state index contributed by atoms with van der Waals surface area (Å²) in [6.07, 6.45) is 8.86. The number of alkyl halides is 1. The summed E-state index contributed by atoms with van der Waals surface area (Å²) in [7, 11) is 0. The predicted octanol–water partition coefficient (Wildman–Crippen LogP) is 11.7. The number of nitrogens with one attached hydrogen (secondary N) is 1. The predicted molar refractivity (Wildman–Crippen MR) is 368 cm³/mol. The number of pyridine rings is 6. The van der Waals surface area contributed by atoms with Gasteiger partial charge in [-0.25, -0.2) is 29.3 Å². The van der Waals surface area contributed by atoms with Gasteiger partial charge >= 0.3 is 36.8 Å². The minimum absolute atomic E-state index is 0. The van der Waals surface area contributed by atoms with Crippen LogP contribution in [0.2, 0.25) is 0 Å². The van der Waals surface area contributed by atoms with Crippen molar-refractivity contribution in [2.24, 2.45) is 0 Å². The van der Waals surface area contributed by atoms with Crippen LogP contribution in [0.25, 0.3) is 66.5 Å². The Morgan fingerprint density at radius 2 is 0.837 bits per heavy atom. The van der Waals surface area contributed by atoms with Crippen molar-refractivity contribution in [1.82, 2.24) is 29.1 Å². The molecule has 0 fully saturated rings. The second-order valence-corrected chi connectivity index (χ2v) is 22.9. The van der Waals surface area contributed by atoms with Gasteiger partial charge in [0.05, 0.1) is 29.8 Å². The number of carboxylic acids is 1. The van der Waals surface area contributed by atoms with Crippen molar-refractivity contribution in [2.45, 2.75) is 32.3 Å². The van der Waals surface area contributed by atoms with Crippen molar-refractivity contribution < 1.29 is 58.8 Å². The van der Waals surface area contributed by atoms with Gasteiger partial charge in [-0.15, -0.1) is 0 Å². The molecule has 0 atom stereocenters. The molecule has 0 amide bonds. The molecule has 92 heavy (non-hydrogen) atoms. The summed E-state index contributed by atoms with van der Waals surface area (Å²) >= 11 is 13.6. The average Bonchev–Trinajstić information content (AvgIpc) is 0.788. The van der Waals surface area contributed by atoms with Crippen molar-refractivity contribution in [1.29, 1.82) is 0 Å². The van der Waals surface area contributed by atoms with Crippen LogP contribution in [0.5, 0.6) is 0 Å². The van der Waals surface area contributed by atoms with E-state index in [1.807, 2.05) is 108 Å². The molecule has 0 radical (unpaired) electrons. The number of carbonyl (C=O) groups excluding carboxylic acids is 2. The normalized spacial score (nSPS) is 10.3. The molecular formula is C70H57Br4LiN6O11. The van der Waals surface area contributed by atoms with Gasteiger partial charge in [0.25, 0.3) is 0 Å². The Morgan fingerprint density at radius 3 is 1.26 bits per heavy atom. The third-order valence-corrected chi connectivity index (χ3v) is 15.7. The number of carbonyl (C=O) groups is 3. The molecule has 0 aliphatic rings. The fourth-order valence-corrected chi connectivity index (χ4v) is 11.1. The Morgan fingerprint density at radius 1 is 0.489 bits per heavy atom. The monoisotopic (exact) mass is 1480 g/mol. The molecule has 462 valence electrons. The molecule has 0 aliphatic heterocycles. The Bertz CT molecular complexity index is 4730. The van der Waals surface area contributed by atoms with E-state index in [-0.39, 0.29) is 76.3 Å². The number of fused-ring (bicyclic) bond motifs is 3. The van der Waals surface area contributed by atoms with Crippen LogP contribution in [-0.2, 0) is 27.9 Å². The van der Waals surface area contributed by atoms with Crippen LogP contribution in [0.4, 0.5) is 0 Å². The van der Waals surface area contributed by atoms with E-state index < -0.39 is 34.2 Å². The van der Waals surface area contributed by atoms with Gasteiger partial charge < -0.3 is 39.7 Å². The zero-order valence-electron chi connectivity index (χ0n) is 49.7. The maximum Gasteiger partial charge on any atom is 1.00 e. The number of hydrogen-bond acceptors (Lipinski definition) is 12. The molecule has 0 saturated heterocycles. The Kier molecular flexibility index (Phi) is 27.2. The van der Waals surface area contributed by atoms with Crippen LogP contribution < -0.4 is 35.1 Å². The fraction of sp³-hybridized carbons (Fsp3) is 0.100. The number of aromatic nitrogens is 6. The number of carboxylic acid groups (broad SMARTS) is 1. The number of ether oxygens (including phenoxy) is 2. The van der Waals surface area contributed by atoms with Gasteiger partial charge in [0.1, 0.15) is 33.2 Å². The molecule has 6 aromatic heterocycles. The van der Waals surface area contributed by atoms with Crippen LogP contribution >= 0.6 is 63.7 Å². The number of aromatic amines is 1. The molecule has 6 aromatic carbocycles. The second-order valence-electron chi connectivity index (χ2n) is 19.6. The standard InChI is InChI=1S/C24H19BrN2O3.C22H15BrN2O3.C13H11Br.C11H9BrN2O3.Li.2H2O/c1-2-30-24(29)20-15-27(21-12-18(25)13-26-22(21)23(20)28)14-17-10-6-7-11-19(17)16-8-4-3-5-9-16;23-16-10-19-20(24-11-16)21(26)18(22(27)28)13-25(19)12-15-8-4-5-9-17(15)14-6-2-1-3-7-14;14-10-12-8-4-5-9-13(12)11-6-2-1-3-7-11;1-2-17-11(16)7-5-13-8-3-6(12)4-14-9(8)10(7)15;;;/h3-13,15H,2,14H2,1H3;1-11,13H,12H2,(H,27,28);1-9H,10H2;3-5H,2H2,1H3,(H,13,15);;2*1H2/q;;;;+1;;/p-1. The second kappa shape index (κ2) is 34.6. The zero-order chi connectivity index (χ0) is 63.0. The number of aromatic carboxylic acids is 1. The first kappa shape index (κ1) is 72.3. The molecule has 0 bridgehead atoms.